The lowest BCUT2D eigenvalue weighted by molar-refractivity contribution is -0.124. The second-order valence-corrected chi connectivity index (χ2v) is 10.7. The summed E-state index contributed by atoms with van der Waals surface area (Å²) in [4.78, 5) is 14.5. The number of halogens is 1. The number of sulfonamides is 1. The lowest BCUT2D eigenvalue weighted by atomic mass is 9.98. The first-order valence-corrected chi connectivity index (χ1v) is 12.5. The SMILES string of the molecule is CS(=O)(=O)N1CCN(c2ccc(CC(C#N)NC(=O)C3NC4CCC3C4)c(F)c2)CC1. The first-order chi connectivity index (χ1) is 14.7. The zero-order valence-electron chi connectivity index (χ0n) is 17.6. The number of carbonyl (C=O) groups is 1. The third-order valence-corrected chi connectivity index (χ3v) is 7.95. The second-order valence-electron chi connectivity index (χ2n) is 8.73. The summed E-state index contributed by atoms with van der Waals surface area (Å²) in [5.41, 5.74) is 1.05. The highest BCUT2D eigenvalue weighted by atomic mass is 32.2. The van der Waals surface area contributed by atoms with Crippen LogP contribution < -0.4 is 15.5 Å². The van der Waals surface area contributed by atoms with Gasteiger partial charge >= 0.3 is 0 Å². The van der Waals surface area contributed by atoms with E-state index in [1.54, 1.807) is 12.1 Å². The summed E-state index contributed by atoms with van der Waals surface area (Å²) >= 11 is 0. The molecular formula is C21H28FN5O3S. The quantitative estimate of drug-likeness (QED) is 0.659. The Bertz CT molecular complexity index is 987. The van der Waals surface area contributed by atoms with Crippen molar-refractivity contribution in [1.82, 2.24) is 14.9 Å². The van der Waals surface area contributed by atoms with Crippen LogP contribution in [-0.2, 0) is 21.2 Å². The van der Waals surface area contributed by atoms with Crippen LogP contribution in [0.15, 0.2) is 18.2 Å². The van der Waals surface area contributed by atoms with E-state index in [9.17, 15) is 22.9 Å². The van der Waals surface area contributed by atoms with Gasteiger partial charge in [-0.25, -0.2) is 12.8 Å². The zero-order chi connectivity index (χ0) is 22.2. The molecule has 4 atom stereocenters. The molecule has 2 saturated heterocycles. The van der Waals surface area contributed by atoms with E-state index >= 15 is 0 Å². The molecule has 0 spiro atoms. The van der Waals surface area contributed by atoms with Crippen LogP contribution >= 0.6 is 0 Å². The number of piperazine rings is 1. The highest BCUT2D eigenvalue weighted by molar-refractivity contribution is 7.88. The molecular weight excluding hydrogens is 421 g/mol. The molecule has 2 N–H and O–H groups in total. The Morgan fingerprint density at radius 2 is 2.06 bits per heavy atom. The predicted octanol–water partition coefficient (Wildman–Crippen LogP) is 0.599. The molecule has 4 unspecified atom stereocenters. The molecule has 10 heteroatoms. The Hall–Kier alpha value is -2.22. The van der Waals surface area contributed by atoms with E-state index in [0.717, 1.165) is 19.3 Å². The van der Waals surface area contributed by atoms with E-state index in [4.69, 9.17) is 0 Å². The standard InChI is InChI=1S/C21H28FN5O3S/c1-31(29,30)27-8-6-26(7-9-27)18-5-3-14(19(22)12-18)10-17(13-23)25-21(28)20-15-2-4-16(11-15)24-20/h3,5,12,15-17,20,24H,2,4,6-11H2,1H3,(H,25,28). The highest BCUT2D eigenvalue weighted by Crippen LogP contribution is 2.35. The second kappa shape index (κ2) is 8.73. The maximum atomic E-state index is 14.8. The number of hydrogen-bond donors (Lipinski definition) is 2. The third kappa shape index (κ3) is 4.84. The normalized spacial score (nSPS) is 27.1. The number of amides is 1. The largest absolute Gasteiger partial charge is 0.369 e. The van der Waals surface area contributed by atoms with Gasteiger partial charge in [0, 0.05) is 44.3 Å². The number of anilines is 1. The van der Waals surface area contributed by atoms with Gasteiger partial charge in [0.1, 0.15) is 11.9 Å². The van der Waals surface area contributed by atoms with Gasteiger partial charge in [-0.3, -0.25) is 4.79 Å². The Balaban J connectivity index is 1.35. The Morgan fingerprint density at radius 3 is 2.61 bits per heavy atom. The van der Waals surface area contributed by atoms with Gasteiger partial charge in [0.25, 0.3) is 0 Å². The summed E-state index contributed by atoms with van der Waals surface area (Å²) in [5.74, 6) is -0.293. The molecule has 31 heavy (non-hydrogen) atoms. The van der Waals surface area contributed by atoms with E-state index in [-0.39, 0.29) is 18.4 Å². The molecule has 1 aromatic rings. The molecule has 0 aromatic heterocycles. The Morgan fingerprint density at radius 1 is 1.32 bits per heavy atom. The minimum Gasteiger partial charge on any atom is -0.369 e. The van der Waals surface area contributed by atoms with Gasteiger partial charge in [0.2, 0.25) is 15.9 Å². The first kappa shape index (κ1) is 22.0. The molecule has 1 amide bonds. The van der Waals surface area contributed by atoms with E-state index in [2.05, 4.69) is 16.7 Å². The molecule has 168 valence electrons. The summed E-state index contributed by atoms with van der Waals surface area (Å²) in [7, 11) is -3.22. The van der Waals surface area contributed by atoms with Crippen molar-refractivity contribution in [3.63, 3.8) is 0 Å². The van der Waals surface area contributed by atoms with Crippen LogP contribution in [0.25, 0.3) is 0 Å². The average molecular weight is 450 g/mol. The Labute approximate surface area is 182 Å². The number of piperidine rings is 1. The Kier molecular flexibility index (Phi) is 6.19. The minimum absolute atomic E-state index is 0.0943. The number of nitriles is 1. The molecule has 8 nitrogen and oxygen atoms in total. The maximum absolute atomic E-state index is 14.8. The van der Waals surface area contributed by atoms with Gasteiger partial charge in [-0.2, -0.15) is 9.57 Å². The summed E-state index contributed by atoms with van der Waals surface area (Å²) in [6.07, 6.45) is 4.41. The molecule has 3 fully saturated rings. The topological polar surface area (TPSA) is 106 Å². The fourth-order valence-electron chi connectivity index (χ4n) is 4.94. The smallest absolute Gasteiger partial charge is 0.238 e. The van der Waals surface area contributed by atoms with Gasteiger partial charge in [-0.15, -0.1) is 0 Å². The fourth-order valence-corrected chi connectivity index (χ4v) is 5.76. The molecule has 2 bridgehead atoms. The summed E-state index contributed by atoms with van der Waals surface area (Å²) in [5, 5.41) is 15.6. The van der Waals surface area contributed by atoms with Crippen LogP contribution in [0, 0.1) is 23.1 Å². The number of carbonyl (C=O) groups excluding carboxylic acids is 1. The van der Waals surface area contributed by atoms with E-state index in [1.165, 1.54) is 16.6 Å². The van der Waals surface area contributed by atoms with Crippen LogP contribution in [0.4, 0.5) is 10.1 Å². The molecule has 1 aromatic carbocycles. The van der Waals surface area contributed by atoms with Gasteiger partial charge in [-0.05, 0) is 42.9 Å². The minimum atomic E-state index is -3.22. The average Bonchev–Trinajstić information content (AvgIpc) is 3.37. The highest BCUT2D eigenvalue weighted by Gasteiger charge is 2.43. The van der Waals surface area contributed by atoms with Crippen molar-refractivity contribution >= 4 is 21.6 Å². The van der Waals surface area contributed by atoms with Gasteiger partial charge in [0.15, 0.2) is 0 Å². The molecule has 3 aliphatic rings. The van der Waals surface area contributed by atoms with Crippen molar-refractivity contribution in [2.24, 2.45) is 5.92 Å². The number of benzene rings is 1. The van der Waals surface area contributed by atoms with Crippen LogP contribution in [0.2, 0.25) is 0 Å². The molecule has 4 rings (SSSR count). The number of rotatable bonds is 6. The third-order valence-electron chi connectivity index (χ3n) is 6.65. The summed E-state index contributed by atoms with van der Waals surface area (Å²) < 4.78 is 39.5. The van der Waals surface area contributed by atoms with Crippen molar-refractivity contribution in [3.8, 4) is 6.07 Å². The number of hydrogen-bond acceptors (Lipinski definition) is 6. The van der Waals surface area contributed by atoms with E-state index in [1.807, 2.05) is 4.90 Å². The van der Waals surface area contributed by atoms with Crippen molar-refractivity contribution in [3.05, 3.63) is 29.6 Å². The first-order valence-electron chi connectivity index (χ1n) is 10.7. The molecule has 1 aliphatic carbocycles. The predicted molar refractivity (Wildman–Crippen MR) is 114 cm³/mol. The molecule has 0 radical (unpaired) electrons. The van der Waals surface area contributed by atoms with E-state index in [0.29, 0.717) is 49.4 Å². The summed E-state index contributed by atoms with van der Waals surface area (Å²) in [6, 6.07) is 6.25. The van der Waals surface area contributed by atoms with Crippen molar-refractivity contribution in [2.75, 3.05) is 37.3 Å². The molecule has 1 saturated carbocycles. The van der Waals surface area contributed by atoms with Crippen molar-refractivity contribution < 1.29 is 17.6 Å². The van der Waals surface area contributed by atoms with Crippen LogP contribution in [0.3, 0.4) is 0 Å². The molecule has 2 aliphatic heterocycles. The summed E-state index contributed by atoms with van der Waals surface area (Å²) in [6.45, 7) is 1.70. The molecule has 2 heterocycles. The number of nitrogens with one attached hydrogen (secondary N) is 2. The monoisotopic (exact) mass is 449 g/mol. The van der Waals surface area contributed by atoms with Crippen LogP contribution in [0.5, 0.6) is 0 Å². The van der Waals surface area contributed by atoms with Crippen molar-refractivity contribution in [2.45, 2.75) is 43.8 Å². The lowest BCUT2D eigenvalue weighted by Crippen LogP contribution is -2.50. The van der Waals surface area contributed by atoms with E-state index < -0.39 is 21.9 Å². The van der Waals surface area contributed by atoms with Crippen LogP contribution in [0.1, 0.15) is 24.8 Å². The number of nitrogens with zero attached hydrogens (tertiary/aromatic N) is 3. The van der Waals surface area contributed by atoms with Crippen molar-refractivity contribution in [1.29, 1.82) is 5.26 Å². The lowest BCUT2D eigenvalue weighted by Gasteiger charge is -2.34. The van der Waals surface area contributed by atoms with Gasteiger partial charge in [-0.1, -0.05) is 6.07 Å². The zero-order valence-corrected chi connectivity index (χ0v) is 18.4. The van der Waals surface area contributed by atoms with Crippen LogP contribution in [-0.4, -0.2) is 69.2 Å². The fraction of sp³-hybridized carbons (Fsp3) is 0.619. The maximum Gasteiger partial charge on any atom is 0.238 e. The number of fused-ring (bicyclic) bond motifs is 2. The van der Waals surface area contributed by atoms with Gasteiger partial charge < -0.3 is 15.5 Å². The van der Waals surface area contributed by atoms with Gasteiger partial charge in [0.05, 0.1) is 18.4 Å².